The number of rotatable bonds is 2. The minimum absolute atomic E-state index is 0.00485. The highest BCUT2D eigenvalue weighted by Crippen LogP contribution is 2.80. The second-order valence-electron chi connectivity index (χ2n) is 12.4. The zero-order chi connectivity index (χ0) is 25.1. The second-order valence-corrected chi connectivity index (χ2v) is 12.4. The molecule has 3 aliphatic carbocycles. The van der Waals surface area contributed by atoms with Crippen molar-refractivity contribution in [2.24, 2.45) is 28.1 Å². The fourth-order valence-corrected chi connectivity index (χ4v) is 9.46. The predicted octanol–water partition coefficient (Wildman–Crippen LogP) is 7.96. The zero-order valence-corrected chi connectivity index (χ0v) is 23.6. The molecule has 4 rings (SSSR count). The van der Waals surface area contributed by atoms with Crippen molar-refractivity contribution in [2.75, 3.05) is 14.2 Å². The van der Waals surface area contributed by atoms with Gasteiger partial charge in [-0.25, -0.2) is 0 Å². The topological polar surface area (TPSA) is 18.5 Å². The molecule has 1 aromatic carbocycles. The Morgan fingerprint density at radius 1 is 0.758 bits per heavy atom. The van der Waals surface area contributed by atoms with Crippen molar-refractivity contribution < 1.29 is 9.47 Å². The lowest BCUT2D eigenvalue weighted by Crippen LogP contribution is -2.64. The molecule has 33 heavy (non-hydrogen) atoms. The van der Waals surface area contributed by atoms with Crippen LogP contribution >= 0.6 is 0 Å². The molecule has 0 bridgehead atoms. The van der Waals surface area contributed by atoms with Crippen LogP contribution in [0.2, 0.25) is 0 Å². The highest BCUT2D eigenvalue weighted by atomic mass is 16.5. The van der Waals surface area contributed by atoms with Crippen molar-refractivity contribution in [1.82, 2.24) is 0 Å². The van der Waals surface area contributed by atoms with Gasteiger partial charge in [0.15, 0.2) is 0 Å². The smallest absolute Gasteiger partial charge is 0.125 e. The number of methoxy groups -OCH3 is 2. The minimum atomic E-state index is -0.185. The summed E-state index contributed by atoms with van der Waals surface area (Å²) in [5.41, 5.74) is 9.39. The monoisotopic (exact) mass is 450 g/mol. The van der Waals surface area contributed by atoms with Crippen LogP contribution < -0.4 is 4.74 Å². The van der Waals surface area contributed by atoms with Crippen LogP contribution in [0.5, 0.6) is 5.75 Å². The van der Waals surface area contributed by atoms with E-state index in [0.717, 1.165) is 5.75 Å². The van der Waals surface area contributed by atoms with E-state index in [2.05, 4.69) is 95.2 Å². The van der Waals surface area contributed by atoms with E-state index in [1.54, 1.807) is 7.11 Å². The molecular formula is C31H46O2. The van der Waals surface area contributed by atoms with Crippen molar-refractivity contribution in [2.45, 2.75) is 94.1 Å². The van der Waals surface area contributed by atoms with Gasteiger partial charge in [0.1, 0.15) is 5.75 Å². The van der Waals surface area contributed by atoms with E-state index in [4.69, 9.17) is 9.47 Å². The standard InChI is InChI=1S/C31H46O2/c1-17-15-24-21(5)26(32-13)20(4)19(3)25(24)28(9)18(2)16-27(8)22(6)29(10,33-14)23(7)31(27,12)30(17,28)11/h15-16,22-23H,1-14H3. The SMILES string of the molecule is COc1c(C)c(C)c2c(c1C)C=C(C)C1(C)C2(C)C(C)=CC2(C)C(C)C(C)(OC)C(C)C21C. The Labute approximate surface area is 202 Å². The Hall–Kier alpha value is -1.54. The van der Waals surface area contributed by atoms with Gasteiger partial charge in [-0.3, -0.25) is 0 Å². The summed E-state index contributed by atoms with van der Waals surface area (Å²) < 4.78 is 12.3. The van der Waals surface area contributed by atoms with Gasteiger partial charge in [0, 0.05) is 17.9 Å². The van der Waals surface area contributed by atoms with E-state index in [-0.39, 0.29) is 27.3 Å². The lowest BCUT2D eigenvalue weighted by Gasteiger charge is -2.68. The summed E-state index contributed by atoms with van der Waals surface area (Å²) in [5, 5.41) is 0. The van der Waals surface area contributed by atoms with Gasteiger partial charge in [0.05, 0.1) is 12.7 Å². The number of hydrogen-bond donors (Lipinski definition) is 0. The van der Waals surface area contributed by atoms with Gasteiger partial charge in [-0.05, 0) is 92.0 Å². The maximum absolute atomic E-state index is 6.37. The summed E-state index contributed by atoms with van der Waals surface area (Å²) in [5.74, 6) is 1.82. The molecule has 182 valence electrons. The first-order valence-electron chi connectivity index (χ1n) is 12.7. The average molecular weight is 451 g/mol. The Morgan fingerprint density at radius 2 is 1.33 bits per heavy atom. The van der Waals surface area contributed by atoms with Gasteiger partial charge < -0.3 is 9.47 Å². The van der Waals surface area contributed by atoms with Gasteiger partial charge in [-0.2, -0.15) is 0 Å². The third-order valence-electron chi connectivity index (χ3n) is 12.5. The fraction of sp³-hybridized carbons (Fsp3) is 0.677. The Balaban J connectivity index is 2.20. The molecule has 0 amide bonds. The fourth-order valence-electron chi connectivity index (χ4n) is 9.46. The van der Waals surface area contributed by atoms with Crippen LogP contribution in [0.3, 0.4) is 0 Å². The summed E-state index contributed by atoms with van der Waals surface area (Å²) in [6, 6.07) is 0. The largest absolute Gasteiger partial charge is 0.496 e. The van der Waals surface area contributed by atoms with Crippen molar-refractivity contribution >= 4 is 6.08 Å². The summed E-state index contributed by atoms with van der Waals surface area (Å²) in [6.45, 7) is 28.9. The highest BCUT2D eigenvalue weighted by molar-refractivity contribution is 5.76. The molecule has 0 aromatic heterocycles. The number of benzene rings is 1. The van der Waals surface area contributed by atoms with Gasteiger partial charge in [0.2, 0.25) is 0 Å². The van der Waals surface area contributed by atoms with Crippen molar-refractivity contribution in [3.05, 3.63) is 45.0 Å². The molecule has 0 spiro atoms. The normalized spacial score (nSPS) is 43.9. The van der Waals surface area contributed by atoms with Crippen LogP contribution in [0.25, 0.3) is 6.08 Å². The summed E-state index contributed by atoms with van der Waals surface area (Å²) in [7, 11) is 3.72. The van der Waals surface area contributed by atoms with Crippen molar-refractivity contribution in [3.8, 4) is 5.75 Å². The van der Waals surface area contributed by atoms with Crippen molar-refractivity contribution in [3.63, 3.8) is 0 Å². The Morgan fingerprint density at radius 3 is 1.85 bits per heavy atom. The first-order valence-corrected chi connectivity index (χ1v) is 12.7. The number of hydrogen-bond acceptors (Lipinski definition) is 2. The summed E-state index contributed by atoms with van der Waals surface area (Å²) in [6.07, 6.45) is 5.14. The van der Waals surface area contributed by atoms with Crippen LogP contribution in [-0.4, -0.2) is 19.8 Å². The third-order valence-corrected chi connectivity index (χ3v) is 12.5. The van der Waals surface area contributed by atoms with Crippen LogP contribution in [0.15, 0.2) is 17.2 Å². The van der Waals surface area contributed by atoms with Gasteiger partial charge in [0.25, 0.3) is 0 Å². The van der Waals surface area contributed by atoms with Gasteiger partial charge in [-0.15, -0.1) is 0 Å². The average Bonchev–Trinajstić information content (AvgIpc) is 2.88. The van der Waals surface area contributed by atoms with E-state index in [1.165, 1.54) is 39.0 Å². The van der Waals surface area contributed by atoms with E-state index in [9.17, 15) is 0 Å². The first-order chi connectivity index (χ1) is 15.1. The minimum Gasteiger partial charge on any atom is -0.496 e. The quantitative estimate of drug-likeness (QED) is 0.425. The number of ether oxygens (including phenoxy) is 2. The highest BCUT2D eigenvalue weighted by Gasteiger charge is 2.77. The molecule has 0 saturated heterocycles. The maximum atomic E-state index is 6.37. The number of fused-ring (bicyclic) bond motifs is 5. The summed E-state index contributed by atoms with van der Waals surface area (Å²) in [4.78, 5) is 0. The molecule has 7 unspecified atom stereocenters. The van der Waals surface area contributed by atoms with Gasteiger partial charge in [-0.1, -0.05) is 64.8 Å². The van der Waals surface area contributed by atoms with Crippen LogP contribution in [0.4, 0.5) is 0 Å². The molecule has 2 heteroatoms. The second kappa shape index (κ2) is 6.78. The molecule has 3 aliphatic rings. The molecule has 2 nitrogen and oxygen atoms in total. The predicted molar refractivity (Wildman–Crippen MR) is 140 cm³/mol. The zero-order valence-electron chi connectivity index (χ0n) is 23.6. The van der Waals surface area contributed by atoms with Crippen LogP contribution in [0, 0.1) is 48.9 Å². The molecule has 1 saturated carbocycles. The first kappa shape index (κ1) is 24.6. The lowest BCUT2D eigenvalue weighted by atomic mass is 9.35. The van der Waals surface area contributed by atoms with E-state index in [1.807, 2.05) is 7.11 Å². The molecule has 1 aromatic rings. The van der Waals surface area contributed by atoms with E-state index < -0.39 is 0 Å². The molecule has 7 atom stereocenters. The summed E-state index contributed by atoms with van der Waals surface area (Å²) >= 11 is 0. The molecule has 0 heterocycles. The molecule has 0 N–H and O–H groups in total. The van der Waals surface area contributed by atoms with Crippen molar-refractivity contribution in [1.29, 1.82) is 0 Å². The maximum Gasteiger partial charge on any atom is 0.125 e. The third kappa shape index (κ3) is 2.22. The Kier molecular flexibility index (Phi) is 5.05. The molecule has 0 aliphatic heterocycles. The number of allylic oxidation sites excluding steroid dienone is 3. The Bertz CT molecular complexity index is 1110. The molecular weight excluding hydrogens is 404 g/mol. The van der Waals surface area contributed by atoms with E-state index >= 15 is 0 Å². The lowest BCUT2D eigenvalue weighted by molar-refractivity contribution is -0.0971. The van der Waals surface area contributed by atoms with Crippen LogP contribution in [0.1, 0.15) is 90.1 Å². The van der Waals surface area contributed by atoms with Crippen LogP contribution in [-0.2, 0) is 10.2 Å². The molecule has 1 fully saturated rings. The van der Waals surface area contributed by atoms with Gasteiger partial charge >= 0.3 is 0 Å². The molecule has 0 radical (unpaired) electrons. The van der Waals surface area contributed by atoms with E-state index in [0.29, 0.717) is 11.8 Å².